The van der Waals surface area contributed by atoms with E-state index in [1.807, 2.05) is 18.2 Å². The lowest BCUT2D eigenvalue weighted by molar-refractivity contribution is -0.115. The van der Waals surface area contributed by atoms with Gasteiger partial charge in [0.2, 0.25) is 5.88 Å². The highest BCUT2D eigenvalue weighted by Crippen LogP contribution is 2.39. The van der Waals surface area contributed by atoms with Crippen LogP contribution in [0.2, 0.25) is 0 Å². The van der Waals surface area contributed by atoms with Crippen molar-refractivity contribution in [3.63, 3.8) is 0 Å². The Morgan fingerprint density at radius 2 is 1.97 bits per heavy atom. The number of aryl methyl sites for hydroxylation is 1. The van der Waals surface area contributed by atoms with Crippen molar-refractivity contribution < 1.29 is 17.9 Å². The van der Waals surface area contributed by atoms with Crippen molar-refractivity contribution in [1.29, 1.82) is 0 Å². The van der Waals surface area contributed by atoms with Crippen LogP contribution >= 0.6 is 0 Å². The number of ether oxygens (including phenoxy) is 1. The second-order valence-electron chi connectivity index (χ2n) is 8.91. The third-order valence-corrected chi connectivity index (χ3v) is 6.64. The van der Waals surface area contributed by atoms with Gasteiger partial charge in [0.1, 0.15) is 24.3 Å². The molecule has 0 saturated heterocycles. The van der Waals surface area contributed by atoms with E-state index in [2.05, 4.69) is 37.1 Å². The van der Waals surface area contributed by atoms with E-state index in [0.29, 0.717) is 23.4 Å². The number of hydrogen-bond acceptors (Lipinski definition) is 5. The van der Waals surface area contributed by atoms with Gasteiger partial charge >= 0.3 is 6.18 Å². The Bertz CT molecular complexity index is 1300. The summed E-state index contributed by atoms with van der Waals surface area (Å²) in [6.07, 6.45) is 4.68. The lowest BCUT2D eigenvalue weighted by Gasteiger charge is -2.15. The Hall–Kier alpha value is -3.36. The molecular weight excluding hydrogens is 443 g/mol. The van der Waals surface area contributed by atoms with Crippen LogP contribution in [0.3, 0.4) is 0 Å². The minimum Gasteiger partial charge on any atom is -0.480 e. The fourth-order valence-corrected chi connectivity index (χ4v) is 4.95. The van der Waals surface area contributed by atoms with Crippen molar-refractivity contribution in [2.24, 2.45) is 5.92 Å². The molecule has 1 aliphatic rings. The van der Waals surface area contributed by atoms with Gasteiger partial charge in [-0.05, 0) is 67.9 Å². The maximum atomic E-state index is 12.5. The first-order valence-electron chi connectivity index (χ1n) is 11.5. The number of halogens is 3. The molecule has 34 heavy (non-hydrogen) atoms. The second-order valence-corrected chi connectivity index (χ2v) is 8.91. The summed E-state index contributed by atoms with van der Waals surface area (Å²) in [5.41, 5.74) is 2.77. The van der Waals surface area contributed by atoms with Gasteiger partial charge in [-0.1, -0.05) is 12.1 Å². The van der Waals surface area contributed by atoms with Crippen molar-refractivity contribution in [3.05, 3.63) is 54.5 Å². The molecule has 5 rings (SSSR count). The zero-order valence-corrected chi connectivity index (χ0v) is 18.8. The average molecular weight is 470 g/mol. The molecule has 1 N–H and O–H groups in total. The maximum Gasteiger partial charge on any atom is 0.405 e. The van der Waals surface area contributed by atoms with Gasteiger partial charge in [-0.2, -0.15) is 13.2 Å². The van der Waals surface area contributed by atoms with Crippen molar-refractivity contribution in [3.8, 4) is 5.88 Å². The minimum atomic E-state index is -4.27. The smallest absolute Gasteiger partial charge is 0.405 e. The van der Waals surface area contributed by atoms with Crippen LogP contribution in [0.25, 0.3) is 21.9 Å². The molecular formula is C25H26F3N5O. The molecule has 0 bridgehead atoms. The summed E-state index contributed by atoms with van der Waals surface area (Å²) in [5.74, 6) is 1.44. The predicted octanol–water partition coefficient (Wildman–Crippen LogP) is 5.94. The van der Waals surface area contributed by atoms with E-state index in [0.717, 1.165) is 54.1 Å². The molecule has 0 amide bonds. The largest absolute Gasteiger partial charge is 0.480 e. The predicted molar refractivity (Wildman–Crippen MR) is 125 cm³/mol. The Balaban J connectivity index is 1.23. The molecule has 2 atom stereocenters. The third kappa shape index (κ3) is 4.78. The zero-order chi connectivity index (χ0) is 23.7. The Morgan fingerprint density at radius 3 is 2.79 bits per heavy atom. The lowest BCUT2D eigenvalue weighted by atomic mass is 9.97. The van der Waals surface area contributed by atoms with Crippen LogP contribution in [0.15, 0.2) is 48.9 Å². The number of benzene rings is 1. The lowest BCUT2D eigenvalue weighted by Crippen LogP contribution is -2.21. The molecule has 1 saturated carbocycles. The Kier molecular flexibility index (Phi) is 6.02. The van der Waals surface area contributed by atoms with Crippen LogP contribution in [0.4, 0.5) is 19.0 Å². The molecule has 0 aliphatic heterocycles. The molecule has 6 nitrogen and oxygen atoms in total. The zero-order valence-electron chi connectivity index (χ0n) is 18.8. The summed E-state index contributed by atoms with van der Waals surface area (Å²) in [7, 11) is 1.62. The molecule has 1 fully saturated rings. The fourth-order valence-electron chi connectivity index (χ4n) is 4.95. The van der Waals surface area contributed by atoms with Crippen LogP contribution in [0.5, 0.6) is 5.88 Å². The number of nitrogens with zero attached hydrogens (tertiary/aromatic N) is 4. The van der Waals surface area contributed by atoms with Gasteiger partial charge in [0.25, 0.3) is 0 Å². The second kappa shape index (κ2) is 9.12. The highest BCUT2D eigenvalue weighted by Gasteiger charge is 2.28. The van der Waals surface area contributed by atoms with Crippen LogP contribution in [-0.2, 0) is 6.42 Å². The molecule has 178 valence electrons. The van der Waals surface area contributed by atoms with Gasteiger partial charge in [-0.15, -0.1) is 0 Å². The summed E-state index contributed by atoms with van der Waals surface area (Å²) in [5, 5.41) is 4.20. The van der Waals surface area contributed by atoms with Crippen molar-refractivity contribution in [2.75, 3.05) is 19.0 Å². The average Bonchev–Trinajstić information content (AvgIpc) is 3.47. The standard InChI is InChI=1S/C25H26F3N5O/c1-34-24-20-10-11-33(23(20)30-15-31-24)19-8-5-16(12-19)2-3-17-4-6-18-7-9-22(32-21(18)13-17)29-14-25(26,27)28/h4,6-7,9-11,13,15-16,19H,2-3,5,8,12,14H2,1H3,(H,29,32). The van der Waals surface area contributed by atoms with Gasteiger partial charge in [-0.25, -0.2) is 15.0 Å². The van der Waals surface area contributed by atoms with Crippen molar-refractivity contribution in [1.82, 2.24) is 19.5 Å². The molecule has 2 unspecified atom stereocenters. The molecule has 3 aromatic heterocycles. The van der Waals surface area contributed by atoms with E-state index < -0.39 is 12.7 Å². The highest BCUT2D eigenvalue weighted by molar-refractivity contribution is 5.82. The number of hydrogen-bond donors (Lipinski definition) is 1. The van der Waals surface area contributed by atoms with E-state index >= 15 is 0 Å². The summed E-state index contributed by atoms with van der Waals surface area (Å²) in [4.78, 5) is 13.0. The topological polar surface area (TPSA) is 64.9 Å². The number of methoxy groups -OCH3 is 1. The number of nitrogens with one attached hydrogen (secondary N) is 1. The van der Waals surface area contributed by atoms with E-state index in [4.69, 9.17) is 4.74 Å². The number of anilines is 1. The summed E-state index contributed by atoms with van der Waals surface area (Å²) < 4.78 is 45.1. The van der Waals surface area contributed by atoms with Crippen LogP contribution in [0, 0.1) is 5.92 Å². The van der Waals surface area contributed by atoms with Crippen LogP contribution in [0.1, 0.15) is 37.3 Å². The SMILES string of the molecule is COc1ncnc2c1ccn2C1CCC(CCc2ccc3ccc(NCC(F)(F)F)nc3c2)C1. The third-order valence-electron chi connectivity index (χ3n) is 6.64. The highest BCUT2D eigenvalue weighted by atomic mass is 19.4. The fraction of sp³-hybridized carbons (Fsp3) is 0.400. The molecule has 3 heterocycles. The van der Waals surface area contributed by atoms with Gasteiger partial charge in [0.15, 0.2) is 0 Å². The van der Waals surface area contributed by atoms with Crippen molar-refractivity contribution in [2.45, 2.75) is 44.3 Å². The molecule has 4 aromatic rings. The quantitative estimate of drug-likeness (QED) is 0.363. The summed E-state index contributed by atoms with van der Waals surface area (Å²) in [6, 6.07) is 11.9. The van der Waals surface area contributed by atoms with Gasteiger partial charge < -0.3 is 14.6 Å². The number of aromatic nitrogens is 4. The van der Waals surface area contributed by atoms with Gasteiger partial charge in [0.05, 0.1) is 18.0 Å². The first-order chi connectivity index (χ1) is 16.4. The minimum absolute atomic E-state index is 0.236. The normalized spacial score (nSPS) is 18.6. The Labute approximate surface area is 195 Å². The van der Waals surface area contributed by atoms with E-state index in [9.17, 15) is 13.2 Å². The summed E-state index contributed by atoms with van der Waals surface area (Å²) >= 11 is 0. The molecule has 0 radical (unpaired) electrons. The molecule has 1 aliphatic carbocycles. The van der Waals surface area contributed by atoms with E-state index in [1.165, 1.54) is 0 Å². The van der Waals surface area contributed by atoms with Crippen LogP contribution in [-0.4, -0.2) is 39.3 Å². The van der Waals surface area contributed by atoms with E-state index in [-0.39, 0.29) is 5.82 Å². The van der Waals surface area contributed by atoms with Crippen molar-refractivity contribution >= 4 is 27.8 Å². The number of pyridine rings is 1. The number of rotatable bonds is 7. The Morgan fingerprint density at radius 1 is 1.12 bits per heavy atom. The first kappa shape index (κ1) is 22.4. The van der Waals surface area contributed by atoms with Gasteiger partial charge in [0, 0.05) is 17.6 Å². The number of alkyl halides is 3. The number of fused-ring (bicyclic) bond motifs is 2. The maximum absolute atomic E-state index is 12.5. The van der Waals surface area contributed by atoms with E-state index in [1.54, 1.807) is 25.6 Å². The molecule has 0 spiro atoms. The van der Waals surface area contributed by atoms with Crippen LogP contribution < -0.4 is 10.1 Å². The first-order valence-corrected chi connectivity index (χ1v) is 11.5. The van der Waals surface area contributed by atoms with Gasteiger partial charge in [-0.3, -0.25) is 0 Å². The molecule has 9 heteroatoms. The molecule has 1 aromatic carbocycles. The monoisotopic (exact) mass is 469 g/mol. The summed E-state index contributed by atoms with van der Waals surface area (Å²) in [6.45, 7) is -1.09.